The Labute approximate surface area is 120 Å². The van der Waals surface area contributed by atoms with Gasteiger partial charge in [-0.25, -0.2) is 0 Å². The third kappa shape index (κ3) is 3.03. The molecule has 1 aromatic heterocycles. The molecule has 4 heteroatoms. The zero-order valence-corrected chi connectivity index (χ0v) is 12.2. The number of pyridine rings is 1. The molecule has 3 rings (SSSR count). The van der Waals surface area contributed by atoms with Gasteiger partial charge in [-0.1, -0.05) is 6.07 Å². The van der Waals surface area contributed by atoms with Crippen LogP contribution in [0.3, 0.4) is 0 Å². The van der Waals surface area contributed by atoms with E-state index in [9.17, 15) is 5.11 Å². The molecule has 2 saturated heterocycles. The van der Waals surface area contributed by atoms with E-state index in [1.54, 1.807) is 0 Å². The highest BCUT2D eigenvalue weighted by molar-refractivity contribution is 5.18. The standard InChI is InChI=1S/C16H24N2O2/c1-13(19)11-18-7-4-16(5-8-18)9-15(12-20-16)14-3-2-6-17-10-14/h2-3,6,10,13,15,19H,4-5,7-9,11-12H2,1H3/t13-,15-/m0/s1. The lowest BCUT2D eigenvalue weighted by molar-refractivity contribution is -0.0485. The molecule has 2 atom stereocenters. The lowest BCUT2D eigenvalue weighted by Gasteiger charge is -2.39. The molecule has 0 radical (unpaired) electrons. The van der Waals surface area contributed by atoms with Gasteiger partial charge in [0.25, 0.3) is 0 Å². The van der Waals surface area contributed by atoms with Crippen molar-refractivity contribution >= 4 is 0 Å². The molecule has 20 heavy (non-hydrogen) atoms. The van der Waals surface area contributed by atoms with Gasteiger partial charge in [0.15, 0.2) is 0 Å². The van der Waals surface area contributed by atoms with Crippen molar-refractivity contribution < 1.29 is 9.84 Å². The number of hydrogen-bond acceptors (Lipinski definition) is 4. The first kappa shape index (κ1) is 14.0. The van der Waals surface area contributed by atoms with Crippen molar-refractivity contribution in [3.8, 4) is 0 Å². The Morgan fingerprint density at radius 1 is 1.50 bits per heavy atom. The first-order chi connectivity index (χ1) is 9.67. The van der Waals surface area contributed by atoms with Gasteiger partial charge in [0.2, 0.25) is 0 Å². The van der Waals surface area contributed by atoms with Crippen LogP contribution in [0.4, 0.5) is 0 Å². The van der Waals surface area contributed by atoms with Crippen LogP contribution >= 0.6 is 0 Å². The van der Waals surface area contributed by atoms with Gasteiger partial charge in [-0.05, 0) is 37.8 Å². The fourth-order valence-corrected chi connectivity index (χ4v) is 3.54. The van der Waals surface area contributed by atoms with Crippen molar-refractivity contribution in [2.24, 2.45) is 0 Å². The van der Waals surface area contributed by atoms with E-state index in [0.29, 0.717) is 5.92 Å². The Balaban J connectivity index is 1.58. The number of likely N-dealkylation sites (tertiary alicyclic amines) is 1. The van der Waals surface area contributed by atoms with Gasteiger partial charge >= 0.3 is 0 Å². The molecule has 110 valence electrons. The lowest BCUT2D eigenvalue weighted by atomic mass is 9.83. The van der Waals surface area contributed by atoms with Gasteiger partial charge in [0.1, 0.15) is 0 Å². The predicted octanol–water partition coefficient (Wildman–Crippen LogP) is 1.80. The number of hydrogen-bond donors (Lipinski definition) is 1. The van der Waals surface area contributed by atoms with E-state index in [-0.39, 0.29) is 11.7 Å². The van der Waals surface area contributed by atoms with Crippen LogP contribution in [0.25, 0.3) is 0 Å². The van der Waals surface area contributed by atoms with Gasteiger partial charge < -0.3 is 14.7 Å². The van der Waals surface area contributed by atoms with Crippen molar-refractivity contribution in [3.05, 3.63) is 30.1 Å². The smallest absolute Gasteiger partial charge is 0.0713 e. The van der Waals surface area contributed by atoms with E-state index in [2.05, 4.69) is 16.0 Å². The largest absolute Gasteiger partial charge is 0.392 e. The molecule has 0 unspecified atom stereocenters. The monoisotopic (exact) mass is 276 g/mol. The zero-order chi connectivity index (χ0) is 14.0. The maximum atomic E-state index is 9.47. The highest BCUT2D eigenvalue weighted by Crippen LogP contribution is 2.42. The minimum absolute atomic E-state index is 0.0652. The molecule has 1 N–H and O–H groups in total. The molecule has 1 spiro atoms. The molecule has 4 nitrogen and oxygen atoms in total. The molecule has 2 fully saturated rings. The molecule has 1 aromatic rings. The van der Waals surface area contributed by atoms with Crippen molar-refractivity contribution in [2.75, 3.05) is 26.2 Å². The summed E-state index contributed by atoms with van der Waals surface area (Å²) >= 11 is 0. The maximum Gasteiger partial charge on any atom is 0.0713 e. The minimum atomic E-state index is -0.239. The number of aliphatic hydroxyl groups is 1. The molecule has 0 saturated carbocycles. The van der Waals surface area contributed by atoms with Gasteiger partial charge in [0.05, 0.1) is 18.3 Å². The number of rotatable bonds is 3. The molecule has 0 aromatic carbocycles. The Morgan fingerprint density at radius 2 is 2.30 bits per heavy atom. The first-order valence-electron chi connectivity index (χ1n) is 7.61. The van der Waals surface area contributed by atoms with Crippen molar-refractivity contribution in [3.63, 3.8) is 0 Å². The summed E-state index contributed by atoms with van der Waals surface area (Å²) in [5, 5.41) is 9.47. The van der Waals surface area contributed by atoms with Crippen LogP contribution in [0.5, 0.6) is 0 Å². The quantitative estimate of drug-likeness (QED) is 0.914. The fraction of sp³-hybridized carbons (Fsp3) is 0.688. The van der Waals surface area contributed by atoms with Crippen molar-refractivity contribution in [2.45, 2.75) is 43.8 Å². The fourth-order valence-electron chi connectivity index (χ4n) is 3.54. The third-order valence-corrected chi connectivity index (χ3v) is 4.65. The van der Waals surface area contributed by atoms with Crippen LogP contribution < -0.4 is 0 Å². The molecule has 2 aliphatic heterocycles. The topological polar surface area (TPSA) is 45.6 Å². The molecule has 2 aliphatic rings. The van der Waals surface area contributed by atoms with E-state index < -0.39 is 0 Å². The third-order valence-electron chi connectivity index (χ3n) is 4.65. The molecular formula is C16H24N2O2. The minimum Gasteiger partial charge on any atom is -0.392 e. The predicted molar refractivity (Wildman–Crippen MR) is 77.6 cm³/mol. The Morgan fingerprint density at radius 3 is 2.95 bits per heavy atom. The van der Waals surface area contributed by atoms with Crippen molar-refractivity contribution in [1.82, 2.24) is 9.88 Å². The Hall–Kier alpha value is -0.970. The second-order valence-electron chi connectivity index (χ2n) is 6.33. The first-order valence-corrected chi connectivity index (χ1v) is 7.61. The van der Waals surface area contributed by atoms with Crippen LogP contribution in [0.2, 0.25) is 0 Å². The second-order valence-corrected chi connectivity index (χ2v) is 6.33. The number of nitrogens with zero attached hydrogens (tertiary/aromatic N) is 2. The molecule has 0 aliphatic carbocycles. The molecular weight excluding hydrogens is 252 g/mol. The van der Waals surface area contributed by atoms with Gasteiger partial charge in [-0.3, -0.25) is 4.98 Å². The van der Waals surface area contributed by atoms with Crippen LogP contribution in [0.1, 0.15) is 37.7 Å². The van der Waals surface area contributed by atoms with Gasteiger partial charge in [0, 0.05) is 37.9 Å². The van der Waals surface area contributed by atoms with E-state index in [1.807, 2.05) is 25.4 Å². The van der Waals surface area contributed by atoms with Crippen LogP contribution in [0, 0.1) is 0 Å². The maximum absolute atomic E-state index is 9.47. The highest BCUT2D eigenvalue weighted by atomic mass is 16.5. The summed E-state index contributed by atoms with van der Waals surface area (Å²) < 4.78 is 6.18. The summed E-state index contributed by atoms with van der Waals surface area (Å²) in [6, 6.07) is 4.16. The number of piperidine rings is 1. The molecule has 0 amide bonds. The van der Waals surface area contributed by atoms with E-state index in [0.717, 1.165) is 45.5 Å². The summed E-state index contributed by atoms with van der Waals surface area (Å²) in [6.45, 7) is 5.52. The summed E-state index contributed by atoms with van der Waals surface area (Å²) in [6.07, 6.45) is 6.82. The number of β-amino-alcohol motifs (C(OH)–C–C–N with tert-alkyl or cyclic N) is 1. The van der Waals surface area contributed by atoms with E-state index in [1.165, 1.54) is 5.56 Å². The average molecular weight is 276 g/mol. The van der Waals surface area contributed by atoms with Crippen LogP contribution in [0.15, 0.2) is 24.5 Å². The Bertz CT molecular complexity index is 427. The number of aliphatic hydroxyl groups excluding tert-OH is 1. The summed E-state index contributed by atoms with van der Waals surface area (Å²) in [5.41, 5.74) is 1.37. The Kier molecular flexibility index (Phi) is 4.06. The SMILES string of the molecule is C[C@H](O)CN1CCC2(CC1)C[C@H](c1cccnc1)CO2. The van der Waals surface area contributed by atoms with Gasteiger partial charge in [-0.15, -0.1) is 0 Å². The molecule has 0 bridgehead atoms. The van der Waals surface area contributed by atoms with Crippen LogP contribution in [-0.2, 0) is 4.74 Å². The summed E-state index contributed by atoms with van der Waals surface area (Å²) in [5.74, 6) is 0.493. The average Bonchev–Trinajstić information content (AvgIpc) is 2.87. The van der Waals surface area contributed by atoms with Gasteiger partial charge in [-0.2, -0.15) is 0 Å². The van der Waals surface area contributed by atoms with E-state index in [4.69, 9.17) is 4.74 Å². The second kappa shape index (κ2) is 5.80. The summed E-state index contributed by atoms with van der Waals surface area (Å²) in [4.78, 5) is 6.56. The zero-order valence-electron chi connectivity index (χ0n) is 12.2. The number of ether oxygens (including phenoxy) is 1. The number of aromatic nitrogens is 1. The van der Waals surface area contributed by atoms with E-state index >= 15 is 0 Å². The molecule has 3 heterocycles. The van der Waals surface area contributed by atoms with Crippen molar-refractivity contribution in [1.29, 1.82) is 0 Å². The highest BCUT2D eigenvalue weighted by Gasteiger charge is 2.43. The summed E-state index contributed by atoms with van der Waals surface area (Å²) in [7, 11) is 0. The van der Waals surface area contributed by atoms with Crippen LogP contribution in [-0.4, -0.2) is 52.9 Å². The normalized spacial score (nSPS) is 27.8. The lowest BCUT2D eigenvalue weighted by Crippen LogP contribution is -2.46.